The van der Waals surface area contributed by atoms with E-state index in [4.69, 9.17) is 0 Å². The van der Waals surface area contributed by atoms with Gasteiger partial charge in [-0.1, -0.05) is 36.4 Å². The van der Waals surface area contributed by atoms with Crippen molar-refractivity contribution in [3.63, 3.8) is 0 Å². The van der Waals surface area contributed by atoms with Crippen LogP contribution in [-0.4, -0.2) is 44.7 Å². The summed E-state index contributed by atoms with van der Waals surface area (Å²) >= 11 is 0. The first-order valence-corrected chi connectivity index (χ1v) is 9.16. The molecule has 5 heteroatoms. The third kappa shape index (κ3) is 3.20. The fraction of sp³-hybridized carbons (Fsp3) is 0.500. The van der Waals surface area contributed by atoms with Crippen LogP contribution >= 0.6 is 0 Å². The first-order valence-electron chi connectivity index (χ1n) is 7.44. The van der Waals surface area contributed by atoms with Crippen molar-refractivity contribution in [2.45, 2.75) is 24.9 Å². The summed E-state index contributed by atoms with van der Waals surface area (Å²) in [7, 11) is -3.00. The molecule has 2 unspecified atom stereocenters. The molecule has 0 spiro atoms. The summed E-state index contributed by atoms with van der Waals surface area (Å²) in [5, 5.41) is 5.00. The molecule has 4 nitrogen and oxygen atoms in total. The van der Waals surface area contributed by atoms with Gasteiger partial charge in [-0.05, 0) is 25.5 Å². The fourth-order valence-corrected chi connectivity index (χ4v) is 4.59. The quantitative estimate of drug-likeness (QED) is 0.900. The van der Waals surface area contributed by atoms with Crippen LogP contribution in [0.1, 0.15) is 18.9 Å². The van der Waals surface area contributed by atoms with Gasteiger partial charge in [0.2, 0.25) is 0 Å². The second kappa shape index (κ2) is 5.55. The highest BCUT2D eigenvalue weighted by Crippen LogP contribution is 2.26. The molecular weight excluding hydrogens is 284 g/mol. The van der Waals surface area contributed by atoms with E-state index >= 15 is 0 Å². The molecule has 21 heavy (non-hydrogen) atoms. The lowest BCUT2D eigenvalue weighted by atomic mass is 9.91. The van der Waals surface area contributed by atoms with Crippen molar-refractivity contribution in [2.75, 3.05) is 25.4 Å². The van der Waals surface area contributed by atoms with Crippen molar-refractivity contribution in [3.8, 4) is 0 Å². The Hall–Kier alpha value is -1.17. The molecule has 0 radical (unpaired) electrons. The predicted octanol–water partition coefficient (Wildman–Crippen LogP) is 1.51. The molecule has 1 aromatic rings. The number of rotatable bonds is 2. The van der Waals surface area contributed by atoms with Crippen molar-refractivity contribution in [2.24, 2.45) is 0 Å². The van der Waals surface area contributed by atoms with Crippen LogP contribution in [0.25, 0.3) is 0 Å². The highest BCUT2D eigenvalue weighted by molar-refractivity contribution is 7.94. The summed E-state index contributed by atoms with van der Waals surface area (Å²) in [5.41, 5.74) is 1.11. The second-order valence-corrected chi connectivity index (χ2v) is 8.11. The molecule has 0 aliphatic carbocycles. The van der Waals surface area contributed by atoms with Gasteiger partial charge in [-0.15, -0.1) is 0 Å². The lowest BCUT2D eigenvalue weighted by molar-refractivity contribution is 0.198. The molecule has 1 aromatic carbocycles. The highest BCUT2D eigenvalue weighted by Gasteiger charge is 2.35. The first-order chi connectivity index (χ1) is 9.99. The van der Waals surface area contributed by atoms with Crippen molar-refractivity contribution in [1.82, 2.24) is 10.2 Å². The molecule has 2 atom stereocenters. The van der Waals surface area contributed by atoms with E-state index in [0.29, 0.717) is 0 Å². The second-order valence-electron chi connectivity index (χ2n) is 6.17. The molecule has 0 amide bonds. The number of hydrogen-bond donors (Lipinski definition) is 1. The van der Waals surface area contributed by atoms with E-state index in [-0.39, 0.29) is 17.3 Å². The van der Waals surface area contributed by atoms with Crippen LogP contribution in [0, 0.1) is 0 Å². The molecule has 2 aliphatic rings. The Labute approximate surface area is 126 Å². The average molecular weight is 306 g/mol. The van der Waals surface area contributed by atoms with Gasteiger partial charge >= 0.3 is 0 Å². The molecule has 0 aromatic heterocycles. The van der Waals surface area contributed by atoms with E-state index in [9.17, 15) is 8.42 Å². The summed E-state index contributed by atoms with van der Waals surface area (Å²) in [6.45, 7) is 4.90. The monoisotopic (exact) mass is 306 g/mol. The van der Waals surface area contributed by atoms with Crippen LogP contribution < -0.4 is 5.32 Å². The topological polar surface area (TPSA) is 49.4 Å². The normalized spacial score (nSPS) is 32.9. The minimum Gasteiger partial charge on any atom is -0.307 e. The Morgan fingerprint density at radius 1 is 1.29 bits per heavy atom. The van der Waals surface area contributed by atoms with E-state index in [1.54, 1.807) is 0 Å². The molecule has 2 heterocycles. The molecule has 2 aliphatic heterocycles. The van der Waals surface area contributed by atoms with Crippen LogP contribution in [0.4, 0.5) is 0 Å². The van der Waals surface area contributed by atoms with Crippen molar-refractivity contribution < 1.29 is 8.42 Å². The zero-order valence-electron chi connectivity index (χ0n) is 12.3. The maximum Gasteiger partial charge on any atom is 0.173 e. The zero-order valence-corrected chi connectivity index (χ0v) is 13.1. The van der Waals surface area contributed by atoms with Crippen molar-refractivity contribution in [1.29, 1.82) is 0 Å². The number of hydrogen-bond acceptors (Lipinski definition) is 4. The Morgan fingerprint density at radius 2 is 2.05 bits per heavy atom. The van der Waals surface area contributed by atoms with Gasteiger partial charge < -0.3 is 5.32 Å². The first kappa shape index (κ1) is 14.8. The molecule has 3 rings (SSSR count). The van der Waals surface area contributed by atoms with Crippen LogP contribution in [0.2, 0.25) is 0 Å². The molecule has 0 saturated carbocycles. The number of benzene rings is 1. The van der Waals surface area contributed by atoms with Gasteiger partial charge in [0.05, 0.1) is 11.3 Å². The third-order valence-electron chi connectivity index (χ3n) is 4.45. The van der Waals surface area contributed by atoms with E-state index in [0.717, 1.165) is 26.1 Å². The maximum absolute atomic E-state index is 11.7. The standard InChI is InChI=1S/C16H22N2O2S/c1-16(14-6-3-2-4-7-14)13-18(10-5-9-17-16)15-8-11-21(19,20)12-15/h2-4,6-8,11,15,17H,5,9-10,12-13H2,1H3. The van der Waals surface area contributed by atoms with Gasteiger partial charge in [-0.2, -0.15) is 0 Å². The summed E-state index contributed by atoms with van der Waals surface area (Å²) in [5.74, 6) is 0.220. The Balaban J connectivity index is 1.83. The summed E-state index contributed by atoms with van der Waals surface area (Å²) in [6.07, 6.45) is 2.87. The Morgan fingerprint density at radius 3 is 2.71 bits per heavy atom. The molecule has 1 fully saturated rings. The van der Waals surface area contributed by atoms with E-state index in [1.807, 2.05) is 12.1 Å². The molecular formula is C16H22N2O2S. The molecule has 114 valence electrons. The third-order valence-corrected chi connectivity index (χ3v) is 5.83. The average Bonchev–Trinajstić information content (AvgIpc) is 2.71. The van der Waals surface area contributed by atoms with Crippen LogP contribution in [0.15, 0.2) is 41.8 Å². The molecule has 0 bridgehead atoms. The van der Waals surface area contributed by atoms with Gasteiger partial charge in [0, 0.05) is 24.5 Å². The molecule has 1 N–H and O–H groups in total. The zero-order chi connectivity index (χ0) is 14.9. The lowest BCUT2D eigenvalue weighted by Crippen LogP contribution is -2.49. The van der Waals surface area contributed by atoms with E-state index < -0.39 is 9.84 Å². The smallest absolute Gasteiger partial charge is 0.173 e. The number of nitrogens with zero attached hydrogens (tertiary/aromatic N) is 1. The predicted molar refractivity (Wildman–Crippen MR) is 84.7 cm³/mol. The van der Waals surface area contributed by atoms with Gasteiger partial charge in [0.1, 0.15) is 0 Å². The minimum atomic E-state index is -3.00. The fourth-order valence-electron chi connectivity index (χ4n) is 3.26. The minimum absolute atomic E-state index is 0.0120. The number of sulfone groups is 1. The Bertz CT molecular complexity index is 627. The van der Waals surface area contributed by atoms with E-state index in [1.165, 1.54) is 11.0 Å². The van der Waals surface area contributed by atoms with E-state index in [2.05, 4.69) is 41.4 Å². The number of nitrogens with one attached hydrogen (secondary N) is 1. The van der Waals surface area contributed by atoms with Crippen LogP contribution in [-0.2, 0) is 15.4 Å². The van der Waals surface area contributed by atoms with Gasteiger partial charge in [-0.25, -0.2) is 8.42 Å². The Kier molecular flexibility index (Phi) is 3.90. The summed E-state index contributed by atoms with van der Waals surface area (Å²) in [6, 6.07) is 10.4. The lowest BCUT2D eigenvalue weighted by Gasteiger charge is -2.36. The van der Waals surface area contributed by atoms with Crippen LogP contribution in [0.5, 0.6) is 0 Å². The molecule has 1 saturated heterocycles. The highest BCUT2D eigenvalue weighted by atomic mass is 32.2. The maximum atomic E-state index is 11.7. The van der Waals surface area contributed by atoms with Crippen molar-refractivity contribution >= 4 is 9.84 Å². The van der Waals surface area contributed by atoms with Gasteiger partial charge in [0.15, 0.2) is 9.84 Å². The summed E-state index contributed by atoms with van der Waals surface area (Å²) < 4.78 is 23.3. The largest absolute Gasteiger partial charge is 0.307 e. The van der Waals surface area contributed by atoms with Gasteiger partial charge in [-0.3, -0.25) is 4.90 Å². The SMILES string of the molecule is CC1(c2ccccc2)CN(C2C=CS(=O)(=O)C2)CCCN1. The van der Waals surface area contributed by atoms with Crippen molar-refractivity contribution in [3.05, 3.63) is 47.4 Å². The van der Waals surface area contributed by atoms with Gasteiger partial charge in [0.25, 0.3) is 0 Å². The van der Waals surface area contributed by atoms with Crippen LogP contribution in [0.3, 0.4) is 0 Å². The summed E-state index contributed by atoms with van der Waals surface area (Å²) in [4.78, 5) is 2.30.